The van der Waals surface area contributed by atoms with Gasteiger partial charge in [0.05, 0.1) is 0 Å². The number of hydrogen-bond acceptors (Lipinski definition) is 0. The minimum absolute atomic E-state index is 0. The van der Waals surface area contributed by atoms with E-state index in [1.807, 2.05) is 0 Å². The van der Waals surface area contributed by atoms with Gasteiger partial charge in [0.2, 0.25) is 0 Å². The van der Waals surface area contributed by atoms with Crippen molar-refractivity contribution in [2.24, 2.45) is 23.7 Å². The molecule has 0 heterocycles. The summed E-state index contributed by atoms with van der Waals surface area (Å²) in [6, 6.07) is 0. The third kappa shape index (κ3) is 1.59. The molecule has 0 saturated heterocycles. The van der Waals surface area contributed by atoms with Gasteiger partial charge in [-0.05, 0) is 62.2 Å². The van der Waals surface area contributed by atoms with Gasteiger partial charge in [0, 0.05) is 0 Å². The molecule has 0 aliphatic heterocycles. The Hall–Kier alpha value is 1.48. The van der Waals surface area contributed by atoms with Crippen molar-refractivity contribution in [3.8, 4) is 0 Å². The van der Waals surface area contributed by atoms with E-state index in [2.05, 4.69) is 0 Å². The summed E-state index contributed by atoms with van der Waals surface area (Å²) in [5.41, 5.74) is 0. The molecular weight excluding hydrogens is 208 g/mol. The van der Waals surface area contributed by atoms with Crippen LogP contribution < -0.4 is 0 Å². The quantitative estimate of drug-likeness (QED) is 0.557. The van der Waals surface area contributed by atoms with Crippen molar-refractivity contribution in [2.45, 2.75) is 38.5 Å². The number of rotatable bonds is 0. The summed E-state index contributed by atoms with van der Waals surface area (Å²) in [6.07, 6.45) is 9.62. The van der Waals surface area contributed by atoms with E-state index in [-0.39, 0.29) is 48.3 Å². The molecule has 0 radical (unpaired) electrons. The van der Waals surface area contributed by atoms with Crippen LogP contribution in [0.15, 0.2) is 0 Å². The van der Waals surface area contributed by atoms with Crippen LogP contribution in [0, 0.1) is 23.7 Å². The SMILES string of the molecule is C1C2CC3CC1CC(C2)C3.[H-].[H-].[Sr+2]. The maximum atomic E-state index is 1.60. The zero-order chi connectivity index (χ0) is 6.55. The molecule has 4 aliphatic rings. The molecule has 1 heteroatoms. The third-order valence-corrected chi connectivity index (χ3v) is 4.00. The molecule has 0 nitrogen and oxygen atoms in total. The minimum Gasteiger partial charge on any atom is -1.00 e. The Kier molecular flexibility index (Phi) is 2.73. The molecule has 4 fully saturated rings. The van der Waals surface area contributed by atoms with E-state index >= 15 is 0 Å². The Bertz CT molecular complexity index is 104. The molecule has 0 N–H and O–H groups in total. The summed E-state index contributed by atoms with van der Waals surface area (Å²) in [5, 5.41) is 0. The summed E-state index contributed by atoms with van der Waals surface area (Å²) >= 11 is 0. The second-order valence-corrected chi connectivity index (χ2v) is 4.88. The molecule has 0 aromatic heterocycles. The van der Waals surface area contributed by atoms with Crippen LogP contribution in [-0.4, -0.2) is 45.5 Å². The van der Waals surface area contributed by atoms with Crippen molar-refractivity contribution in [1.82, 2.24) is 0 Å². The first-order chi connectivity index (χ1) is 4.90. The Balaban J connectivity index is 0.000000480. The van der Waals surface area contributed by atoms with E-state index in [0.29, 0.717) is 0 Å². The molecule has 4 bridgehead atoms. The fourth-order valence-electron chi connectivity index (χ4n) is 3.98. The average Bonchev–Trinajstić information content (AvgIpc) is 1.82. The fourth-order valence-corrected chi connectivity index (χ4v) is 3.98. The Morgan fingerprint density at radius 1 is 0.545 bits per heavy atom. The van der Waals surface area contributed by atoms with Crippen LogP contribution in [0.25, 0.3) is 0 Å². The first-order valence-corrected chi connectivity index (χ1v) is 4.90. The molecular formula is C10H18Sr. The molecule has 60 valence electrons. The average molecular weight is 226 g/mol. The van der Waals surface area contributed by atoms with Gasteiger partial charge in [-0.2, -0.15) is 0 Å². The van der Waals surface area contributed by atoms with E-state index in [1.54, 1.807) is 38.5 Å². The molecule has 0 atom stereocenters. The first-order valence-electron chi connectivity index (χ1n) is 4.90. The van der Waals surface area contributed by atoms with Crippen LogP contribution >= 0.6 is 0 Å². The molecule has 4 saturated carbocycles. The topological polar surface area (TPSA) is 0 Å². The second-order valence-electron chi connectivity index (χ2n) is 4.88. The summed E-state index contributed by atoms with van der Waals surface area (Å²) in [4.78, 5) is 0. The predicted octanol–water partition coefficient (Wildman–Crippen LogP) is 2.68. The van der Waals surface area contributed by atoms with Gasteiger partial charge in [0.15, 0.2) is 0 Å². The van der Waals surface area contributed by atoms with Gasteiger partial charge in [0.25, 0.3) is 0 Å². The summed E-state index contributed by atoms with van der Waals surface area (Å²) in [7, 11) is 0. The van der Waals surface area contributed by atoms with Crippen molar-refractivity contribution < 1.29 is 2.85 Å². The summed E-state index contributed by atoms with van der Waals surface area (Å²) in [6.45, 7) is 0. The van der Waals surface area contributed by atoms with E-state index in [1.165, 1.54) is 23.7 Å². The van der Waals surface area contributed by atoms with Crippen molar-refractivity contribution in [2.75, 3.05) is 0 Å². The minimum atomic E-state index is 0. The maximum Gasteiger partial charge on any atom is 2.00 e. The summed E-state index contributed by atoms with van der Waals surface area (Å²) in [5.74, 6) is 4.71. The van der Waals surface area contributed by atoms with Crippen molar-refractivity contribution in [1.29, 1.82) is 0 Å². The second kappa shape index (κ2) is 3.32. The Labute approximate surface area is 109 Å². The van der Waals surface area contributed by atoms with Crippen LogP contribution in [0.3, 0.4) is 0 Å². The molecule has 4 rings (SSSR count). The molecule has 0 aromatic carbocycles. The van der Waals surface area contributed by atoms with Crippen LogP contribution in [0.1, 0.15) is 41.4 Å². The maximum absolute atomic E-state index is 1.60. The zero-order valence-electron chi connectivity index (χ0n) is 9.26. The van der Waals surface area contributed by atoms with Crippen molar-refractivity contribution in [3.05, 3.63) is 0 Å². The van der Waals surface area contributed by atoms with Gasteiger partial charge in [-0.3, -0.25) is 0 Å². The Morgan fingerprint density at radius 2 is 0.727 bits per heavy atom. The van der Waals surface area contributed by atoms with Crippen LogP contribution in [0.5, 0.6) is 0 Å². The van der Waals surface area contributed by atoms with E-state index in [9.17, 15) is 0 Å². The predicted molar refractivity (Wildman–Crippen MR) is 49.6 cm³/mol. The standard InChI is InChI=1S/C10H16.Sr.2H/c1-7-2-9-4-8(1)5-10(3-7)6-9;;;/h7-10H,1-6H2;;;/q;+2;2*-1. The molecule has 0 spiro atoms. The normalized spacial score (nSPS) is 52.4. The van der Waals surface area contributed by atoms with Gasteiger partial charge in [0.1, 0.15) is 0 Å². The molecule has 0 amide bonds. The van der Waals surface area contributed by atoms with Crippen LogP contribution in [0.4, 0.5) is 0 Å². The summed E-state index contributed by atoms with van der Waals surface area (Å²) < 4.78 is 0. The molecule has 0 aromatic rings. The molecule has 0 unspecified atom stereocenters. The molecule has 4 aliphatic carbocycles. The van der Waals surface area contributed by atoms with Crippen LogP contribution in [-0.2, 0) is 0 Å². The molecule has 11 heavy (non-hydrogen) atoms. The monoisotopic (exact) mass is 226 g/mol. The van der Waals surface area contributed by atoms with Crippen molar-refractivity contribution in [3.63, 3.8) is 0 Å². The van der Waals surface area contributed by atoms with E-state index in [0.717, 1.165) is 0 Å². The third-order valence-electron chi connectivity index (χ3n) is 4.00. The fraction of sp³-hybridized carbons (Fsp3) is 1.00. The van der Waals surface area contributed by atoms with Gasteiger partial charge in [-0.15, -0.1) is 0 Å². The van der Waals surface area contributed by atoms with E-state index < -0.39 is 0 Å². The number of hydrogen-bond donors (Lipinski definition) is 0. The first kappa shape index (κ1) is 9.05. The van der Waals surface area contributed by atoms with Crippen LogP contribution in [0.2, 0.25) is 0 Å². The zero-order valence-corrected chi connectivity index (χ0v) is 10.7. The smallest absolute Gasteiger partial charge is 1.00 e. The van der Waals surface area contributed by atoms with Gasteiger partial charge >= 0.3 is 45.5 Å². The van der Waals surface area contributed by atoms with Crippen molar-refractivity contribution >= 4 is 45.5 Å². The Morgan fingerprint density at radius 3 is 0.909 bits per heavy atom. The van der Waals surface area contributed by atoms with Gasteiger partial charge < -0.3 is 2.85 Å². The largest absolute Gasteiger partial charge is 2.00 e. The van der Waals surface area contributed by atoms with Gasteiger partial charge in [-0.1, -0.05) is 0 Å². The van der Waals surface area contributed by atoms with Gasteiger partial charge in [-0.25, -0.2) is 0 Å². The van der Waals surface area contributed by atoms with E-state index in [4.69, 9.17) is 0 Å².